The van der Waals surface area contributed by atoms with E-state index in [0.717, 1.165) is 42.3 Å². The van der Waals surface area contributed by atoms with E-state index in [0.29, 0.717) is 6.54 Å². The Hall–Kier alpha value is -1.42. The fraction of sp³-hybridized carbons (Fsp3) is 0.667. The summed E-state index contributed by atoms with van der Waals surface area (Å²) in [4.78, 5) is 2.42. The first kappa shape index (κ1) is 18.6. The van der Waals surface area contributed by atoms with Crippen LogP contribution in [0.3, 0.4) is 0 Å². The summed E-state index contributed by atoms with van der Waals surface area (Å²) in [6.07, 6.45) is 5.53. The van der Waals surface area contributed by atoms with Crippen molar-refractivity contribution in [2.24, 2.45) is 5.73 Å². The highest BCUT2D eigenvalue weighted by Gasteiger charge is 2.16. The molecule has 0 bridgehead atoms. The molecule has 0 fully saturated rings. The number of hydrogen-bond donors (Lipinski definition) is 1. The van der Waals surface area contributed by atoms with E-state index in [-0.39, 0.29) is 0 Å². The third-order valence-corrected chi connectivity index (χ3v) is 3.90. The van der Waals surface area contributed by atoms with Crippen molar-refractivity contribution in [3.05, 3.63) is 17.7 Å². The SMILES string of the molecule is CCCCN(CCCC)c1cc(OC)c(CCN)cc1OC. The third-order valence-electron chi connectivity index (χ3n) is 3.90. The van der Waals surface area contributed by atoms with E-state index < -0.39 is 0 Å². The van der Waals surface area contributed by atoms with Crippen molar-refractivity contribution in [3.8, 4) is 11.5 Å². The lowest BCUT2D eigenvalue weighted by Crippen LogP contribution is -2.26. The Kier molecular flexibility index (Phi) is 8.75. The predicted octanol–water partition coefficient (Wildman–Crippen LogP) is 3.61. The maximum atomic E-state index is 5.70. The highest BCUT2D eigenvalue weighted by molar-refractivity contribution is 5.64. The zero-order valence-electron chi connectivity index (χ0n) is 14.7. The quantitative estimate of drug-likeness (QED) is 0.678. The van der Waals surface area contributed by atoms with Crippen LogP contribution < -0.4 is 20.1 Å². The lowest BCUT2D eigenvalue weighted by atomic mass is 10.1. The largest absolute Gasteiger partial charge is 0.496 e. The van der Waals surface area contributed by atoms with Gasteiger partial charge in [0.2, 0.25) is 0 Å². The molecule has 0 heterocycles. The van der Waals surface area contributed by atoms with Crippen molar-refractivity contribution >= 4 is 5.69 Å². The van der Waals surface area contributed by atoms with E-state index in [1.807, 2.05) is 0 Å². The number of nitrogens with zero attached hydrogens (tertiary/aromatic N) is 1. The number of hydrogen-bond acceptors (Lipinski definition) is 4. The van der Waals surface area contributed by atoms with Gasteiger partial charge in [0.15, 0.2) is 0 Å². The molecule has 0 saturated heterocycles. The van der Waals surface area contributed by atoms with E-state index >= 15 is 0 Å². The third kappa shape index (κ3) is 5.09. The summed E-state index contributed by atoms with van der Waals surface area (Å²) in [7, 11) is 3.45. The lowest BCUT2D eigenvalue weighted by molar-refractivity contribution is 0.398. The van der Waals surface area contributed by atoms with E-state index in [2.05, 4.69) is 30.9 Å². The smallest absolute Gasteiger partial charge is 0.142 e. The Labute approximate surface area is 135 Å². The van der Waals surface area contributed by atoms with Gasteiger partial charge >= 0.3 is 0 Å². The van der Waals surface area contributed by atoms with E-state index in [1.165, 1.54) is 25.7 Å². The van der Waals surface area contributed by atoms with Crippen molar-refractivity contribution in [2.75, 3.05) is 38.8 Å². The van der Waals surface area contributed by atoms with Crippen LogP contribution in [0.1, 0.15) is 45.1 Å². The average molecular weight is 308 g/mol. The minimum Gasteiger partial charge on any atom is -0.496 e. The molecule has 0 saturated carbocycles. The molecule has 0 atom stereocenters. The van der Waals surface area contributed by atoms with Crippen LogP contribution in [0.25, 0.3) is 0 Å². The molecule has 1 aromatic rings. The summed E-state index contributed by atoms with van der Waals surface area (Å²) in [6, 6.07) is 4.18. The topological polar surface area (TPSA) is 47.7 Å². The second-order valence-electron chi connectivity index (χ2n) is 5.57. The molecular formula is C18H32N2O2. The van der Waals surface area contributed by atoms with Crippen molar-refractivity contribution < 1.29 is 9.47 Å². The first-order valence-corrected chi connectivity index (χ1v) is 8.41. The second-order valence-corrected chi connectivity index (χ2v) is 5.57. The number of anilines is 1. The zero-order chi connectivity index (χ0) is 16.4. The van der Waals surface area contributed by atoms with Crippen molar-refractivity contribution in [3.63, 3.8) is 0 Å². The zero-order valence-corrected chi connectivity index (χ0v) is 14.7. The predicted molar refractivity (Wildman–Crippen MR) is 94.3 cm³/mol. The highest BCUT2D eigenvalue weighted by Crippen LogP contribution is 2.36. The molecule has 0 unspecified atom stereocenters. The average Bonchev–Trinajstić information content (AvgIpc) is 2.55. The van der Waals surface area contributed by atoms with Gasteiger partial charge in [-0.3, -0.25) is 0 Å². The molecule has 0 aliphatic rings. The van der Waals surface area contributed by atoms with E-state index in [4.69, 9.17) is 15.2 Å². The van der Waals surface area contributed by atoms with Crippen LogP contribution in [0.4, 0.5) is 5.69 Å². The Bertz CT molecular complexity index is 427. The van der Waals surface area contributed by atoms with Crippen molar-refractivity contribution in [2.45, 2.75) is 46.0 Å². The van der Waals surface area contributed by atoms with Crippen molar-refractivity contribution in [1.82, 2.24) is 0 Å². The van der Waals surface area contributed by atoms with Crippen molar-refractivity contribution in [1.29, 1.82) is 0 Å². The molecule has 22 heavy (non-hydrogen) atoms. The molecule has 2 N–H and O–H groups in total. The van der Waals surface area contributed by atoms with Gasteiger partial charge in [0.25, 0.3) is 0 Å². The number of ether oxygens (including phenoxy) is 2. The molecule has 0 aliphatic carbocycles. The minimum atomic E-state index is 0.605. The number of unbranched alkanes of at least 4 members (excludes halogenated alkanes) is 2. The summed E-state index contributed by atoms with van der Waals surface area (Å²) in [5.41, 5.74) is 7.93. The van der Waals surface area contributed by atoms with Crippen LogP contribution in [-0.2, 0) is 6.42 Å². The monoisotopic (exact) mass is 308 g/mol. The molecule has 4 nitrogen and oxygen atoms in total. The first-order valence-electron chi connectivity index (χ1n) is 8.41. The fourth-order valence-electron chi connectivity index (χ4n) is 2.59. The molecule has 1 aromatic carbocycles. The van der Waals surface area contributed by atoms with Crippen LogP contribution in [0, 0.1) is 0 Å². The molecule has 0 radical (unpaired) electrons. The number of rotatable bonds is 11. The van der Waals surface area contributed by atoms with Gasteiger partial charge in [0.1, 0.15) is 11.5 Å². The summed E-state index contributed by atoms with van der Waals surface area (Å²) < 4.78 is 11.2. The number of benzene rings is 1. The van der Waals surface area contributed by atoms with Gasteiger partial charge in [0.05, 0.1) is 19.9 Å². The van der Waals surface area contributed by atoms with E-state index in [9.17, 15) is 0 Å². The minimum absolute atomic E-state index is 0.605. The first-order chi connectivity index (χ1) is 10.7. The number of methoxy groups -OCH3 is 2. The van der Waals surface area contributed by atoms with E-state index in [1.54, 1.807) is 14.2 Å². The van der Waals surface area contributed by atoms with Gasteiger partial charge in [-0.05, 0) is 37.4 Å². The Morgan fingerprint density at radius 2 is 1.55 bits per heavy atom. The van der Waals surface area contributed by atoms with Crippen LogP contribution >= 0.6 is 0 Å². The Morgan fingerprint density at radius 3 is 2.00 bits per heavy atom. The van der Waals surface area contributed by atoms with Gasteiger partial charge in [-0.25, -0.2) is 0 Å². The Balaban J connectivity index is 3.15. The Morgan fingerprint density at radius 1 is 0.955 bits per heavy atom. The molecule has 0 aromatic heterocycles. The molecule has 0 aliphatic heterocycles. The molecule has 126 valence electrons. The summed E-state index contributed by atoms with van der Waals surface area (Å²) in [5.74, 6) is 1.82. The van der Waals surface area contributed by atoms with Gasteiger partial charge in [0, 0.05) is 19.2 Å². The summed E-state index contributed by atoms with van der Waals surface area (Å²) >= 11 is 0. The summed E-state index contributed by atoms with van der Waals surface area (Å²) in [6.45, 7) is 7.15. The van der Waals surface area contributed by atoms with Crippen LogP contribution in [0.2, 0.25) is 0 Å². The standard InChI is InChI=1S/C18H32N2O2/c1-5-7-11-20(12-8-6-2)16-14-17(21-3)15(9-10-19)13-18(16)22-4/h13-14H,5-12,19H2,1-4H3. The van der Waals surface area contributed by atoms with Gasteiger partial charge < -0.3 is 20.1 Å². The van der Waals surface area contributed by atoms with Gasteiger partial charge in [-0.2, -0.15) is 0 Å². The fourth-order valence-corrected chi connectivity index (χ4v) is 2.59. The molecule has 1 rings (SSSR count). The van der Waals surface area contributed by atoms with Gasteiger partial charge in [-0.1, -0.05) is 26.7 Å². The molecule has 0 spiro atoms. The maximum absolute atomic E-state index is 5.70. The lowest BCUT2D eigenvalue weighted by Gasteiger charge is -2.27. The normalized spacial score (nSPS) is 10.6. The van der Waals surface area contributed by atoms with Crippen LogP contribution in [0.5, 0.6) is 11.5 Å². The molecular weight excluding hydrogens is 276 g/mol. The second kappa shape index (κ2) is 10.3. The van der Waals surface area contributed by atoms with Crippen LogP contribution in [0.15, 0.2) is 12.1 Å². The van der Waals surface area contributed by atoms with Crippen LogP contribution in [-0.4, -0.2) is 33.9 Å². The van der Waals surface area contributed by atoms with Gasteiger partial charge in [-0.15, -0.1) is 0 Å². The maximum Gasteiger partial charge on any atom is 0.142 e. The highest BCUT2D eigenvalue weighted by atomic mass is 16.5. The molecule has 0 amide bonds. The number of nitrogens with two attached hydrogens (primary N) is 1. The summed E-state index contributed by atoms with van der Waals surface area (Å²) in [5, 5.41) is 0. The molecule has 4 heteroatoms.